The van der Waals surface area contributed by atoms with E-state index in [1.54, 1.807) is 6.92 Å². The Bertz CT molecular complexity index is 342. The lowest BCUT2D eigenvalue weighted by Gasteiger charge is -2.18. The van der Waals surface area contributed by atoms with Gasteiger partial charge in [-0.15, -0.1) is 0 Å². The van der Waals surface area contributed by atoms with Crippen LogP contribution >= 0.6 is 0 Å². The van der Waals surface area contributed by atoms with E-state index in [0.29, 0.717) is 11.8 Å². The van der Waals surface area contributed by atoms with Crippen LogP contribution in [0.15, 0.2) is 0 Å². The van der Waals surface area contributed by atoms with Gasteiger partial charge in [0.15, 0.2) is 0 Å². The van der Waals surface area contributed by atoms with Gasteiger partial charge < -0.3 is 5.32 Å². The Morgan fingerprint density at radius 1 is 1.29 bits per heavy atom. The van der Waals surface area contributed by atoms with Crippen molar-refractivity contribution in [2.24, 2.45) is 17.8 Å². The van der Waals surface area contributed by atoms with Crippen LogP contribution in [0.2, 0.25) is 0 Å². The van der Waals surface area contributed by atoms with Gasteiger partial charge in [0.05, 0.1) is 5.75 Å². The summed E-state index contributed by atoms with van der Waals surface area (Å²) in [4.78, 5) is 0. The maximum atomic E-state index is 11.4. The summed E-state index contributed by atoms with van der Waals surface area (Å²) in [7, 11) is -0.754. The van der Waals surface area contributed by atoms with Gasteiger partial charge >= 0.3 is 0 Å². The molecule has 2 fully saturated rings. The molecule has 0 spiro atoms. The molecule has 0 saturated heterocycles. The number of sulfone groups is 1. The molecule has 2 aliphatic carbocycles. The largest absolute Gasteiger partial charge is 0.317 e. The zero-order valence-corrected chi connectivity index (χ0v) is 11.8. The first-order chi connectivity index (χ1) is 8.09. The second-order valence-corrected chi connectivity index (χ2v) is 8.08. The van der Waals surface area contributed by atoms with Crippen molar-refractivity contribution in [2.45, 2.75) is 45.1 Å². The van der Waals surface area contributed by atoms with E-state index in [1.165, 1.54) is 19.3 Å². The van der Waals surface area contributed by atoms with Crippen molar-refractivity contribution in [2.75, 3.05) is 18.6 Å². The van der Waals surface area contributed by atoms with Crippen LogP contribution in [-0.2, 0) is 9.84 Å². The van der Waals surface area contributed by atoms with E-state index in [-0.39, 0.29) is 5.75 Å². The van der Waals surface area contributed by atoms with Crippen LogP contribution in [0.25, 0.3) is 0 Å². The predicted octanol–water partition coefficient (Wildman–Crippen LogP) is 1.84. The highest BCUT2D eigenvalue weighted by Gasteiger charge is 2.55. The van der Waals surface area contributed by atoms with Crippen molar-refractivity contribution < 1.29 is 8.42 Å². The summed E-state index contributed by atoms with van der Waals surface area (Å²) in [6.07, 6.45) is 6.05. The smallest absolute Gasteiger partial charge is 0.150 e. The molecule has 0 radical (unpaired) electrons. The molecular formula is C13H25NO2S. The molecule has 0 heterocycles. The minimum absolute atomic E-state index is 0.284. The van der Waals surface area contributed by atoms with Gasteiger partial charge in [-0.1, -0.05) is 13.3 Å². The Morgan fingerprint density at radius 2 is 1.94 bits per heavy atom. The van der Waals surface area contributed by atoms with Crippen molar-refractivity contribution in [3.8, 4) is 0 Å². The molecule has 3 unspecified atom stereocenters. The molecule has 3 nitrogen and oxygen atoms in total. The van der Waals surface area contributed by atoms with E-state index >= 15 is 0 Å². The average molecular weight is 259 g/mol. The fourth-order valence-corrected chi connectivity index (χ4v) is 4.57. The fourth-order valence-electron chi connectivity index (χ4n) is 3.67. The van der Waals surface area contributed by atoms with Crippen molar-refractivity contribution >= 4 is 9.84 Å². The van der Waals surface area contributed by atoms with Crippen LogP contribution in [0.4, 0.5) is 0 Å². The standard InChI is InChI=1S/C13H25NO2S/c1-3-17(15,16)9-5-8-12(14-2)13-10-6-4-7-11(10)13/h10-14H,3-9H2,1-2H3. The Kier molecular flexibility index (Phi) is 4.14. The maximum Gasteiger partial charge on any atom is 0.150 e. The number of nitrogens with one attached hydrogen (secondary N) is 1. The van der Waals surface area contributed by atoms with Gasteiger partial charge in [0.2, 0.25) is 0 Å². The molecule has 0 aromatic heterocycles. The van der Waals surface area contributed by atoms with Crippen LogP contribution in [-0.4, -0.2) is 33.0 Å². The van der Waals surface area contributed by atoms with E-state index in [4.69, 9.17) is 0 Å². The van der Waals surface area contributed by atoms with Crippen LogP contribution in [0.3, 0.4) is 0 Å². The van der Waals surface area contributed by atoms with Crippen molar-refractivity contribution in [3.05, 3.63) is 0 Å². The van der Waals surface area contributed by atoms with Crippen LogP contribution in [0, 0.1) is 17.8 Å². The number of hydrogen-bond donors (Lipinski definition) is 1. The summed E-state index contributed by atoms with van der Waals surface area (Å²) < 4.78 is 22.9. The molecule has 0 aliphatic heterocycles. The van der Waals surface area contributed by atoms with E-state index in [1.807, 2.05) is 7.05 Å². The summed E-state index contributed by atoms with van der Waals surface area (Å²) in [6, 6.07) is 0.553. The summed E-state index contributed by atoms with van der Waals surface area (Å²) in [5.41, 5.74) is 0. The lowest BCUT2D eigenvalue weighted by Crippen LogP contribution is -2.30. The van der Waals surface area contributed by atoms with Gasteiger partial charge in [-0.05, 0) is 50.5 Å². The molecule has 17 heavy (non-hydrogen) atoms. The second kappa shape index (κ2) is 5.27. The molecule has 2 aliphatic rings. The highest BCUT2D eigenvalue weighted by molar-refractivity contribution is 7.91. The molecule has 1 N–H and O–H groups in total. The van der Waals surface area contributed by atoms with Crippen LogP contribution < -0.4 is 5.32 Å². The SMILES string of the molecule is CCS(=O)(=O)CCCC(NC)C1C2CCCC21. The quantitative estimate of drug-likeness (QED) is 0.759. The molecule has 0 aromatic rings. The minimum Gasteiger partial charge on any atom is -0.317 e. The topological polar surface area (TPSA) is 46.2 Å². The molecule has 2 saturated carbocycles. The number of rotatable bonds is 7. The third-order valence-corrected chi connectivity index (χ3v) is 6.51. The van der Waals surface area contributed by atoms with Gasteiger partial charge in [0.1, 0.15) is 9.84 Å². The van der Waals surface area contributed by atoms with Gasteiger partial charge in [-0.3, -0.25) is 0 Å². The minimum atomic E-state index is -2.78. The van der Waals surface area contributed by atoms with Gasteiger partial charge in [-0.2, -0.15) is 0 Å². The average Bonchev–Trinajstić information content (AvgIpc) is 2.78. The molecule has 0 amide bonds. The summed E-state index contributed by atoms with van der Waals surface area (Å²) in [6.45, 7) is 1.73. The fraction of sp³-hybridized carbons (Fsp3) is 1.00. The zero-order chi connectivity index (χ0) is 12.5. The molecule has 2 rings (SSSR count). The first kappa shape index (κ1) is 13.3. The molecule has 100 valence electrons. The molecule has 3 atom stereocenters. The van der Waals surface area contributed by atoms with E-state index < -0.39 is 9.84 Å². The Morgan fingerprint density at radius 3 is 2.47 bits per heavy atom. The predicted molar refractivity (Wildman–Crippen MR) is 70.7 cm³/mol. The first-order valence-electron chi connectivity index (χ1n) is 6.96. The normalized spacial score (nSPS) is 33.4. The maximum absolute atomic E-state index is 11.4. The third kappa shape index (κ3) is 3.02. The van der Waals surface area contributed by atoms with Gasteiger partial charge in [-0.25, -0.2) is 8.42 Å². The first-order valence-corrected chi connectivity index (χ1v) is 8.79. The Labute approximate surface area is 105 Å². The van der Waals surface area contributed by atoms with Gasteiger partial charge in [0.25, 0.3) is 0 Å². The van der Waals surface area contributed by atoms with E-state index in [0.717, 1.165) is 30.6 Å². The zero-order valence-electron chi connectivity index (χ0n) is 11.0. The molecule has 0 bridgehead atoms. The van der Waals surface area contributed by atoms with Gasteiger partial charge in [0, 0.05) is 11.8 Å². The second-order valence-electron chi connectivity index (χ2n) is 5.61. The summed E-state index contributed by atoms with van der Waals surface area (Å²) in [5.74, 6) is 3.40. The number of hydrogen-bond acceptors (Lipinski definition) is 3. The third-order valence-electron chi connectivity index (χ3n) is 4.72. The summed E-state index contributed by atoms with van der Waals surface area (Å²) in [5, 5.41) is 3.40. The van der Waals surface area contributed by atoms with Crippen LogP contribution in [0.1, 0.15) is 39.0 Å². The Balaban J connectivity index is 1.74. The van der Waals surface area contributed by atoms with E-state index in [9.17, 15) is 8.42 Å². The lowest BCUT2D eigenvalue weighted by molar-refractivity contribution is 0.405. The highest BCUT2D eigenvalue weighted by atomic mass is 32.2. The molecular weight excluding hydrogens is 234 g/mol. The Hall–Kier alpha value is -0.0900. The van der Waals surface area contributed by atoms with E-state index in [2.05, 4.69) is 5.32 Å². The monoisotopic (exact) mass is 259 g/mol. The number of fused-ring (bicyclic) bond motifs is 1. The van der Waals surface area contributed by atoms with Crippen LogP contribution in [0.5, 0.6) is 0 Å². The highest BCUT2D eigenvalue weighted by Crippen LogP contribution is 2.59. The molecule has 4 heteroatoms. The summed E-state index contributed by atoms with van der Waals surface area (Å²) >= 11 is 0. The van der Waals surface area contributed by atoms with Crippen molar-refractivity contribution in [1.29, 1.82) is 0 Å². The van der Waals surface area contributed by atoms with Crippen molar-refractivity contribution in [3.63, 3.8) is 0 Å². The lowest BCUT2D eigenvalue weighted by atomic mass is 10.0. The van der Waals surface area contributed by atoms with Crippen molar-refractivity contribution in [1.82, 2.24) is 5.32 Å². The molecule has 0 aromatic carbocycles.